The molecule has 0 aliphatic carbocycles. The fraction of sp³-hybridized carbons (Fsp3) is 0.440. The molecule has 4 heterocycles. The molecule has 3 aromatic rings. The SMILES string of the molecule is Cc1cc(N2CCN(c3c(F)cc4c(=O)c(C(=O)O)cn5c4c3OC[C@@H]5C)CC2)nc(C(C)C)n1.Cl. The number of hydrogen-bond donors (Lipinski definition) is 1. The van der Waals surface area contributed by atoms with Crippen LogP contribution in [-0.2, 0) is 0 Å². The van der Waals surface area contributed by atoms with E-state index in [1.54, 1.807) is 4.57 Å². The van der Waals surface area contributed by atoms with Crippen LogP contribution in [-0.4, -0.2) is 58.4 Å². The predicted octanol–water partition coefficient (Wildman–Crippen LogP) is 3.76. The summed E-state index contributed by atoms with van der Waals surface area (Å²) in [5.74, 6) is 0.243. The summed E-state index contributed by atoms with van der Waals surface area (Å²) in [6, 6.07) is 2.91. The van der Waals surface area contributed by atoms with Crippen LogP contribution in [0.5, 0.6) is 5.75 Å². The standard InChI is InChI=1S/C25H28FN5O4.ClH/c1-13(2)24-27-14(3)9-19(28-24)29-5-7-30(8-6-29)21-18(26)10-16-20-23(21)35-12-15(4)31(20)11-17(22(16)32)25(33)34;/h9-11,13,15H,5-8,12H2,1-4H3,(H,33,34);1H/t15-;/m0./s1. The van der Waals surface area contributed by atoms with Crippen molar-refractivity contribution < 1.29 is 19.0 Å². The third kappa shape index (κ3) is 4.23. The molecule has 1 aromatic carbocycles. The van der Waals surface area contributed by atoms with Crippen LogP contribution in [0.4, 0.5) is 15.9 Å². The van der Waals surface area contributed by atoms with Gasteiger partial charge in [-0.25, -0.2) is 19.2 Å². The monoisotopic (exact) mass is 517 g/mol. The number of carboxylic acids is 1. The Morgan fingerprint density at radius 1 is 1.17 bits per heavy atom. The van der Waals surface area contributed by atoms with Gasteiger partial charge in [-0.3, -0.25) is 4.79 Å². The van der Waals surface area contributed by atoms with E-state index in [0.29, 0.717) is 43.1 Å². The summed E-state index contributed by atoms with van der Waals surface area (Å²) in [6.07, 6.45) is 1.34. The highest BCUT2D eigenvalue weighted by molar-refractivity contribution is 5.97. The van der Waals surface area contributed by atoms with Gasteiger partial charge in [0.15, 0.2) is 11.6 Å². The summed E-state index contributed by atoms with van der Waals surface area (Å²) in [4.78, 5) is 37.8. The third-order valence-electron chi connectivity index (χ3n) is 6.67. The molecule has 11 heteroatoms. The quantitative estimate of drug-likeness (QED) is 0.558. The molecule has 2 aliphatic heterocycles. The smallest absolute Gasteiger partial charge is 0.341 e. The van der Waals surface area contributed by atoms with Crippen LogP contribution in [0.15, 0.2) is 23.1 Å². The Morgan fingerprint density at radius 3 is 2.47 bits per heavy atom. The number of piperazine rings is 1. The van der Waals surface area contributed by atoms with Gasteiger partial charge in [0.25, 0.3) is 0 Å². The molecule has 192 valence electrons. The average Bonchev–Trinajstić information content (AvgIpc) is 2.82. The summed E-state index contributed by atoms with van der Waals surface area (Å²) in [7, 11) is 0. The Hall–Kier alpha value is -3.40. The highest BCUT2D eigenvalue weighted by Crippen LogP contribution is 2.42. The van der Waals surface area contributed by atoms with Crippen molar-refractivity contribution in [3.8, 4) is 5.75 Å². The lowest BCUT2D eigenvalue weighted by atomic mass is 10.1. The number of anilines is 2. The molecule has 1 saturated heterocycles. The summed E-state index contributed by atoms with van der Waals surface area (Å²) in [5.41, 5.74) is 0.567. The van der Waals surface area contributed by atoms with Crippen molar-refractivity contribution in [3.05, 3.63) is 51.5 Å². The molecule has 36 heavy (non-hydrogen) atoms. The zero-order valence-electron chi connectivity index (χ0n) is 20.6. The molecule has 2 aliphatic rings. The maximum absolute atomic E-state index is 15.5. The van der Waals surface area contributed by atoms with Crippen molar-refractivity contribution >= 4 is 40.8 Å². The first-order chi connectivity index (χ1) is 16.7. The molecule has 5 rings (SSSR count). The minimum absolute atomic E-state index is 0. The maximum Gasteiger partial charge on any atom is 0.341 e. The topological polar surface area (TPSA) is 101 Å². The van der Waals surface area contributed by atoms with Crippen molar-refractivity contribution in [1.82, 2.24) is 14.5 Å². The molecule has 1 fully saturated rings. The zero-order chi connectivity index (χ0) is 25.0. The Morgan fingerprint density at radius 2 is 1.83 bits per heavy atom. The molecule has 0 spiro atoms. The largest absolute Gasteiger partial charge is 0.487 e. The molecule has 0 radical (unpaired) electrons. The van der Waals surface area contributed by atoms with Crippen LogP contribution < -0.4 is 20.0 Å². The Kier molecular flexibility index (Phi) is 6.83. The first-order valence-electron chi connectivity index (χ1n) is 11.8. The molecule has 0 amide bonds. The zero-order valence-corrected chi connectivity index (χ0v) is 21.4. The number of benzene rings is 1. The summed E-state index contributed by atoms with van der Waals surface area (Å²) < 4.78 is 23.2. The summed E-state index contributed by atoms with van der Waals surface area (Å²) in [6.45, 7) is 10.5. The van der Waals surface area contributed by atoms with Gasteiger partial charge in [-0.1, -0.05) is 13.8 Å². The van der Waals surface area contributed by atoms with E-state index in [1.165, 1.54) is 6.20 Å². The minimum Gasteiger partial charge on any atom is -0.487 e. The predicted molar refractivity (Wildman–Crippen MR) is 138 cm³/mol. The number of halogens is 2. The lowest BCUT2D eigenvalue weighted by Gasteiger charge is -2.38. The number of carboxylic acid groups (broad SMARTS) is 1. The van der Waals surface area contributed by atoms with E-state index in [2.05, 4.69) is 23.7 Å². The number of pyridine rings is 1. The minimum atomic E-state index is -1.33. The van der Waals surface area contributed by atoms with Gasteiger partial charge in [0, 0.05) is 50.1 Å². The third-order valence-corrected chi connectivity index (χ3v) is 6.67. The van der Waals surface area contributed by atoms with Gasteiger partial charge in [0.2, 0.25) is 5.43 Å². The Bertz CT molecular complexity index is 1400. The van der Waals surface area contributed by atoms with Crippen LogP contribution in [0.25, 0.3) is 10.9 Å². The molecule has 0 bridgehead atoms. The normalized spacial score (nSPS) is 17.2. The average molecular weight is 518 g/mol. The van der Waals surface area contributed by atoms with E-state index >= 15 is 4.39 Å². The molecular formula is C25H29ClFN5O4. The maximum atomic E-state index is 15.5. The second kappa shape index (κ2) is 9.57. The Balaban J connectivity index is 0.00000304. The number of nitrogens with zero attached hydrogens (tertiary/aromatic N) is 5. The van der Waals surface area contributed by atoms with Gasteiger partial charge in [0.05, 0.1) is 16.9 Å². The molecule has 0 saturated carbocycles. The van der Waals surface area contributed by atoms with Crippen molar-refractivity contribution in [2.45, 2.75) is 39.7 Å². The van der Waals surface area contributed by atoms with Gasteiger partial charge in [-0.2, -0.15) is 0 Å². The number of hydrogen-bond acceptors (Lipinski definition) is 7. The van der Waals surface area contributed by atoms with Gasteiger partial charge < -0.3 is 24.2 Å². The number of aryl methyl sites for hydroxylation is 1. The summed E-state index contributed by atoms with van der Waals surface area (Å²) >= 11 is 0. The van der Waals surface area contributed by atoms with Gasteiger partial charge in [-0.15, -0.1) is 12.4 Å². The number of rotatable bonds is 4. The van der Waals surface area contributed by atoms with E-state index in [4.69, 9.17) is 9.72 Å². The van der Waals surface area contributed by atoms with Crippen molar-refractivity contribution in [2.75, 3.05) is 42.6 Å². The van der Waals surface area contributed by atoms with Crippen LogP contribution in [0.2, 0.25) is 0 Å². The molecule has 1 atom stereocenters. The highest BCUT2D eigenvalue weighted by Gasteiger charge is 2.31. The van der Waals surface area contributed by atoms with E-state index in [-0.39, 0.29) is 41.9 Å². The lowest BCUT2D eigenvalue weighted by molar-refractivity contribution is 0.0694. The second-order valence-electron chi connectivity index (χ2n) is 9.53. The van der Waals surface area contributed by atoms with Crippen molar-refractivity contribution in [3.63, 3.8) is 0 Å². The van der Waals surface area contributed by atoms with Gasteiger partial charge in [0.1, 0.15) is 29.5 Å². The van der Waals surface area contributed by atoms with Gasteiger partial charge in [-0.05, 0) is 19.9 Å². The summed E-state index contributed by atoms with van der Waals surface area (Å²) in [5, 5.41) is 9.49. The fourth-order valence-electron chi connectivity index (χ4n) is 4.81. The second-order valence-corrected chi connectivity index (χ2v) is 9.53. The Labute approximate surface area is 213 Å². The first kappa shape index (κ1) is 25.7. The van der Waals surface area contributed by atoms with E-state index in [9.17, 15) is 14.7 Å². The van der Waals surface area contributed by atoms with Crippen molar-refractivity contribution in [1.29, 1.82) is 0 Å². The molecule has 9 nitrogen and oxygen atoms in total. The lowest BCUT2D eigenvalue weighted by Crippen LogP contribution is -2.47. The number of carbonyl (C=O) groups is 1. The molecular weight excluding hydrogens is 489 g/mol. The highest BCUT2D eigenvalue weighted by atomic mass is 35.5. The number of aromatic nitrogens is 3. The van der Waals surface area contributed by atoms with E-state index in [1.807, 2.05) is 24.8 Å². The fourth-order valence-corrected chi connectivity index (χ4v) is 4.81. The van der Waals surface area contributed by atoms with E-state index in [0.717, 1.165) is 23.4 Å². The first-order valence-corrected chi connectivity index (χ1v) is 11.8. The number of aromatic carboxylic acids is 1. The van der Waals surface area contributed by atoms with Crippen LogP contribution in [0, 0.1) is 12.7 Å². The van der Waals surface area contributed by atoms with E-state index < -0.39 is 17.2 Å². The molecule has 1 N–H and O–H groups in total. The van der Waals surface area contributed by atoms with Crippen LogP contribution in [0.1, 0.15) is 54.6 Å². The van der Waals surface area contributed by atoms with Crippen molar-refractivity contribution in [2.24, 2.45) is 0 Å². The van der Waals surface area contributed by atoms with Crippen LogP contribution >= 0.6 is 12.4 Å². The van der Waals surface area contributed by atoms with Crippen LogP contribution in [0.3, 0.4) is 0 Å². The number of ether oxygens (including phenoxy) is 1. The molecule has 2 aromatic heterocycles. The molecule has 0 unspecified atom stereocenters. The van der Waals surface area contributed by atoms with Gasteiger partial charge >= 0.3 is 5.97 Å².